The van der Waals surface area contributed by atoms with E-state index in [1.54, 1.807) is 6.07 Å². The fourth-order valence-electron chi connectivity index (χ4n) is 4.27. The lowest BCUT2D eigenvalue weighted by atomic mass is 9.78. The minimum Gasteiger partial charge on any atom is -0.472 e. The zero-order valence-corrected chi connectivity index (χ0v) is 14.9. The van der Waals surface area contributed by atoms with Gasteiger partial charge in [-0.1, -0.05) is 30.3 Å². The molecule has 26 heavy (non-hydrogen) atoms. The van der Waals surface area contributed by atoms with E-state index >= 15 is 0 Å². The Morgan fingerprint density at radius 2 is 1.96 bits per heavy atom. The lowest BCUT2D eigenvalue weighted by Gasteiger charge is -2.39. The van der Waals surface area contributed by atoms with E-state index in [0.29, 0.717) is 18.7 Å². The van der Waals surface area contributed by atoms with E-state index in [0.717, 1.165) is 38.8 Å². The smallest absolute Gasteiger partial charge is 0.257 e. The van der Waals surface area contributed by atoms with Gasteiger partial charge in [0.05, 0.1) is 17.2 Å². The summed E-state index contributed by atoms with van der Waals surface area (Å²) in [7, 11) is 0. The summed E-state index contributed by atoms with van der Waals surface area (Å²) in [5.41, 5.74) is 1.42. The molecule has 1 aromatic heterocycles. The summed E-state index contributed by atoms with van der Waals surface area (Å²) in [5, 5.41) is 0. The van der Waals surface area contributed by atoms with Gasteiger partial charge in [-0.05, 0) is 37.3 Å². The first-order valence-electron chi connectivity index (χ1n) is 9.33. The molecule has 0 N–H and O–H groups in total. The molecule has 1 spiro atoms. The van der Waals surface area contributed by atoms with Gasteiger partial charge in [-0.25, -0.2) is 0 Å². The lowest BCUT2D eigenvalue weighted by Crippen LogP contribution is -2.50. The molecule has 4 rings (SSSR count). The molecule has 1 atom stereocenters. The first-order valence-corrected chi connectivity index (χ1v) is 9.33. The summed E-state index contributed by atoms with van der Waals surface area (Å²) in [5.74, 6) is 0.187. The minimum absolute atomic E-state index is 0.0372. The molecule has 0 radical (unpaired) electrons. The van der Waals surface area contributed by atoms with Crippen molar-refractivity contribution in [3.63, 3.8) is 0 Å². The Morgan fingerprint density at radius 3 is 2.73 bits per heavy atom. The summed E-state index contributed by atoms with van der Waals surface area (Å²) < 4.78 is 5.02. The molecular weight excluding hydrogens is 328 g/mol. The SMILES string of the molecule is O=C(c1ccoc1)N1CC[C@@]2(CCCN(CCc3ccccc3)C2=O)C1. The molecule has 2 saturated heterocycles. The molecule has 0 aliphatic carbocycles. The van der Waals surface area contributed by atoms with Crippen molar-refractivity contribution in [3.05, 3.63) is 60.1 Å². The Labute approximate surface area is 153 Å². The van der Waals surface area contributed by atoms with Crippen LogP contribution in [0.3, 0.4) is 0 Å². The maximum atomic E-state index is 13.2. The monoisotopic (exact) mass is 352 g/mol. The fraction of sp³-hybridized carbons (Fsp3) is 0.429. The van der Waals surface area contributed by atoms with E-state index < -0.39 is 5.41 Å². The molecule has 2 aromatic rings. The highest BCUT2D eigenvalue weighted by Gasteiger charge is 2.49. The highest BCUT2D eigenvalue weighted by Crippen LogP contribution is 2.40. The van der Waals surface area contributed by atoms with Crippen molar-refractivity contribution in [2.24, 2.45) is 5.41 Å². The van der Waals surface area contributed by atoms with Gasteiger partial charge in [-0.15, -0.1) is 0 Å². The van der Waals surface area contributed by atoms with Gasteiger partial charge < -0.3 is 14.2 Å². The standard InChI is InChI=1S/C21H24N2O3/c24-19(18-8-14-26-15-18)23-13-10-21(16-23)9-4-11-22(20(21)25)12-7-17-5-2-1-3-6-17/h1-3,5-6,8,14-15H,4,7,9-13,16H2/t21-/m0/s1. The van der Waals surface area contributed by atoms with Crippen molar-refractivity contribution < 1.29 is 14.0 Å². The third kappa shape index (κ3) is 3.14. The molecule has 2 aliphatic rings. The minimum atomic E-state index is -0.395. The molecule has 0 unspecified atom stereocenters. The van der Waals surface area contributed by atoms with Crippen molar-refractivity contribution in [3.8, 4) is 0 Å². The van der Waals surface area contributed by atoms with Crippen LogP contribution in [0.4, 0.5) is 0 Å². The van der Waals surface area contributed by atoms with Crippen LogP contribution >= 0.6 is 0 Å². The van der Waals surface area contributed by atoms with Gasteiger partial charge in [0.1, 0.15) is 6.26 Å². The first kappa shape index (κ1) is 16.9. The van der Waals surface area contributed by atoms with Gasteiger partial charge in [0.15, 0.2) is 0 Å². The second-order valence-corrected chi connectivity index (χ2v) is 7.40. The van der Waals surface area contributed by atoms with Crippen LogP contribution in [0, 0.1) is 5.41 Å². The van der Waals surface area contributed by atoms with Gasteiger partial charge in [0.25, 0.3) is 5.91 Å². The topological polar surface area (TPSA) is 53.8 Å². The number of likely N-dealkylation sites (tertiary alicyclic amines) is 2. The molecule has 3 heterocycles. The zero-order valence-electron chi connectivity index (χ0n) is 14.9. The fourth-order valence-corrected chi connectivity index (χ4v) is 4.27. The number of nitrogens with zero attached hydrogens (tertiary/aromatic N) is 2. The van der Waals surface area contributed by atoms with Crippen molar-refractivity contribution in [1.29, 1.82) is 0 Å². The average Bonchev–Trinajstić information content (AvgIpc) is 3.34. The zero-order chi connectivity index (χ0) is 18.0. The molecule has 0 bridgehead atoms. The molecule has 2 amide bonds. The number of piperidine rings is 1. The van der Waals surface area contributed by atoms with Gasteiger partial charge in [0, 0.05) is 26.2 Å². The molecule has 136 valence electrons. The van der Waals surface area contributed by atoms with E-state index in [2.05, 4.69) is 12.1 Å². The molecule has 2 fully saturated rings. The molecule has 5 heteroatoms. The molecule has 2 aliphatic heterocycles. The number of hydrogen-bond acceptors (Lipinski definition) is 3. The van der Waals surface area contributed by atoms with Gasteiger partial charge in [-0.2, -0.15) is 0 Å². The summed E-state index contributed by atoms with van der Waals surface area (Å²) in [6, 6.07) is 12.0. The third-order valence-electron chi connectivity index (χ3n) is 5.75. The van der Waals surface area contributed by atoms with Crippen molar-refractivity contribution in [2.45, 2.75) is 25.7 Å². The molecule has 5 nitrogen and oxygen atoms in total. The van der Waals surface area contributed by atoms with Crippen molar-refractivity contribution >= 4 is 11.8 Å². The van der Waals surface area contributed by atoms with Crippen LogP contribution < -0.4 is 0 Å². The van der Waals surface area contributed by atoms with Crippen LogP contribution in [0.25, 0.3) is 0 Å². The van der Waals surface area contributed by atoms with E-state index in [1.165, 1.54) is 18.1 Å². The molecule has 0 saturated carbocycles. The normalized spacial score (nSPS) is 23.0. The van der Waals surface area contributed by atoms with Crippen LogP contribution in [0.1, 0.15) is 35.2 Å². The highest BCUT2D eigenvalue weighted by molar-refractivity contribution is 5.95. The first-order chi connectivity index (χ1) is 12.7. The largest absolute Gasteiger partial charge is 0.472 e. The van der Waals surface area contributed by atoms with Gasteiger partial charge >= 0.3 is 0 Å². The number of carbonyl (C=O) groups excluding carboxylic acids is 2. The Kier molecular flexibility index (Phi) is 4.53. The Bertz CT molecular complexity index is 772. The lowest BCUT2D eigenvalue weighted by molar-refractivity contribution is -0.145. The Balaban J connectivity index is 1.42. The van der Waals surface area contributed by atoms with E-state index in [4.69, 9.17) is 4.42 Å². The van der Waals surface area contributed by atoms with Crippen LogP contribution in [-0.2, 0) is 11.2 Å². The summed E-state index contributed by atoms with van der Waals surface area (Å²) in [6.45, 7) is 2.74. The highest BCUT2D eigenvalue weighted by atomic mass is 16.3. The number of carbonyl (C=O) groups is 2. The van der Waals surface area contributed by atoms with E-state index in [9.17, 15) is 9.59 Å². The Hall–Kier alpha value is -2.56. The summed E-state index contributed by atoms with van der Waals surface area (Å²) in [6.07, 6.45) is 6.51. The van der Waals surface area contributed by atoms with Crippen LogP contribution in [0.2, 0.25) is 0 Å². The van der Waals surface area contributed by atoms with Gasteiger partial charge in [-0.3, -0.25) is 9.59 Å². The second-order valence-electron chi connectivity index (χ2n) is 7.40. The number of hydrogen-bond donors (Lipinski definition) is 0. The van der Waals surface area contributed by atoms with Gasteiger partial charge in [0.2, 0.25) is 5.91 Å². The number of benzene rings is 1. The average molecular weight is 352 g/mol. The summed E-state index contributed by atoms with van der Waals surface area (Å²) in [4.78, 5) is 29.6. The van der Waals surface area contributed by atoms with Crippen LogP contribution in [0.5, 0.6) is 0 Å². The van der Waals surface area contributed by atoms with Crippen molar-refractivity contribution in [1.82, 2.24) is 9.80 Å². The third-order valence-corrected chi connectivity index (χ3v) is 5.75. The molecule has 1 aromatic carbocycles. The maximum Gasteiger partial charge on any atom is 0.257 e. The number of furan rings is 1. The Morgan fingerprint density at radius 1 is 1.12 bits per heavy atom. The van der Waals surface area contributed by atoms with Crippen LogP contribution in [-0.4, -0.2) is 47.8 Å². The van der Waals surface area contributed by atoms with E-state index in [-0.39, 0.29) is 11.8 Å². The number of amides is 2. The summed E-state index contributed by atoms with van der Waals surface area (Å²) >= 11 is 0. The van der Waals surface area contributed by atoms with E-state index in [1.807, 2.05) is 28.0 Å². The molecular formula is C21H24N2O3. The second kappa shape index (κ2) is 6.98. The van der Waals surface area contributed by atoms with Crippen molar-refractivity contribution in [2.75, 3.05) is 26.2 Å². The predicted molar refractivity (Wildman–Crippen MR) is 97.6 cm³/mol. The number of rotatable bonds is 4. The maximum absolute atomic E-state index is 13.2. The predicted octanol–water partition coefficient (Wildman–Crippen LogP) is 2.98. The quantitative estimate of drug-likeness (QED) is 0.850. The van der Waals surface area contributed by atoms with Crippen LogP contribution in [0.15, 0.2) is 53.3 Å².